The van der Waals surface area contributed by atoms with Gasteiger partial charge in [-0.15, -0.1) is 10.2 Å². The summed E-state index contributed by atoms with van der Waals surface area (Å²) in [7, 11) is 0. The minimum Gasteiger partial charge on any atom is -0.455 e. The highest BCUT2D eigenvalue weighted by molar-refractivity contribution is 6.12. The summed E-state index contributed by atoms with van der Waals surface area (Å²) in [5, 5.41) is 15.1. The molecule has 0 amide bonds. The van der Waals surface area contributed by atoms with E-state index in [1.807, 2.05) is 12.1 Å². The van der Waals surface area contributed by atoms with E-state index in [4.69, 9.17) is 4.42 Å². The summed E-state index contributed by atoms with van der Waals surface area (Å²) in [5.41, 5.74) is 9.31. The van der Waals surface area contributed by atoms with Crippen LogP contribution in [0.15, 0.2) is 144 Å². The molecule has 0 aliphatic rings. The van der Waals surface area contributed by atoms with Crippen molar-refractivity contribution in [3.63, 3.8) is 0 Å². The molecule has 0 atom stereocenters. The van der Waals surface area contributed by atoms with Crippen molar-refractivity contribution in [2.45, 2.75) is 0 Å². The van der Waals surface area contributed by atoms with Gasteiger partial charge in [-0.2, -0.15) is 0 Å². The summed E-state index contributed by atoms with van der Waals surface area (Å²) in [6.07, 6.45) is 0. The van der Waals surface area contributed by atoms with Crippen molar-refractivity contribution in [1.82, 2.24) is 14.6 Å². The van der Waals surface area contributed by atoms with Gasteiger partial charge in [0.15, 0.2) is 11.5 Å². The molecule has 3 heterocycles. The summed E-state index contributed by atoms with van der Waals surface area (Å²) < 4.78 is 8.57. The fraction of sp³-hybridized carbons (Fsp3) is 0. The Morgan fingerprint density at radius 2 is 1.05 bits per heavy atom. The Balaban J connectivity index is 1.20. The first-order chi connectivity index (χ1) is 20.8. The van der Waals surface area contributed by atoms with Crippen molar-refractivity contribution in [2.75, 3.05) is 0 Å². The van der Waals surface area contributed by atoms with Crippen LogP contribution in [0.2, 0.25) is 0 Å². The number of aromatic nitrogens is 3. The Kier molecular flexibility index (Phi) is 4.87. The number of rotatable bonds is 3. The van der Waals surface area contributed by atoms with Crippen molar-refractivity contribution >= 4 is 49.3 Å². The molecule has 0 aliphatic carbocycles. The molecule has 0 bridgehead atoms. The predicted molar refractivity (Wildman–Crippen MR) is 172 cm³/mol. The predicted octanol–water partition coefficient (Wildman–Crippen LogP) is 9.94. The lowest BCUT2D eigenvalue weighted by Gasteiger charge is -2.12. The smallest absolute Gasteiger partial charge is 0.169 e. The largest absolute Gasteiger partial charge is 0.455 e. The fourth-order valence-corrected chi connectivity index (χ4v) is 6.41. The van der Waals surface area contributed by atoms with Crippen molar-refractivity contribution in [3.05, 3.63) is 140 Å². The molecule has 9 aromatic rings. The zero-order valence-electron chi connectivity index (χ0n) is 22.5. The van der Waals surface area contributed by atoms with Crippen molar-refractivity contribution in [1.29, 1.82) is 0 Å². The SMILES string of the molecule is c1ccc(-c2cccc3c2oc2ccccc23)c(-c2ccc(-c3nnc4c5ccccc5c5ccccc5n34)cc2)c1. The molecule has 196 valence electrons. The molecule has 42 heavy (non-hydrogen) atoms. The van der Waals surface area contributed by atoms with Crippen LogP contribution >= 0.6 is 0 Å². The molecular weight excluding hydrogens is 514 g/mol. The van der Waals surface area contributed by atoms with E-state index in [9.17, 15) is 0 Å². The van der Waals surface area contributed by atoms with Gasteiger partial charge in [0.2, 0.25) is 0 Å². The second kappa shape index (κ2) is 8.88. The fourth-order valence-electron chi connectivity index (χ4n) is 6.41. The molecule has 0 aliphatic heterocycles. The lowest BCUT2D eigenvalue weighted by molar-refractivity contribution is 0.670. The highest BCUT2D eigenvalue weighted by Gasteiger charge is 2.17. The van der Waals surface area contributed by atoms with Crippen LogP contribution in [0, 0.1) is 0 Å². The maximum Gasteiger partial charge on any atom is 0.169 e. The summed E-state index contributed by atoms with van der Waals surface area (Å²) in [6.45, 7) is 0. The maximum absolute atomic E-state index is 6.39. The van der Waals surface area contributed by atoms with Crippen LogP contribution < -0.4 is 0 Å². The van der Waals surface area contributed by atoms with Crippen molar-refractivity contribution < 1.29 is 4.42 Å². The van der Waals surface area contributed by atoms with E-state index in [2.05, 4.69) is 142 Å². The molecule has 0 unspecified atom stereocenters. The van der Waals surface area contributed by atoms with E-state index in [1.165, 1.54) is 10.8 Å². The van der Waals surface area contributed by atoms with Gasteiger partial charge in [0, 0.05) is 32.7 Å². The van der Waals surface area contributed by atoms with E-state index in [0.29, 0.717) is 0 Å². The van der Waals surface area contributed by atoms with Crippen LogP contribution in [0.5, 0.6) is 0 Å². The molecule has 0 fully saturated rings. The van der Waals surface area contributed by atoms with Gasteiger partial charge in [0.05, 0.1) is 5.52 Å². The Hall–Kier alpha value is -5.74. The average molecular weight is 538 g/mol. The third kappa shape index (κ3) is 3.29. The Morgan fingerprint density at radius 1 is 0.429 bits per heavy atom. The van der Waals surface area contributed by atoms with Gasteiger partial charge in [-0.3, -0.25) is 4.40 Å². The standard InChI is InChI=1S/C38H23N3O/c1-2-11-27(31-16-9-17-32-30-14-6-8-19-35(30)42-36(31)32)26(10-1)24-20-22-25(23-21-24)37-39-40-38-33-15-4-3-12-28(33)29-13-5-7-18-34(29)41(37)38/h1-23H. The minimum atomic E-state index is 0.832. The molecule has 6 aromatic carbocycles. The molecule has 0 spiro atoms. The number of hydrogen-bond donors (Lipinski definition) is 0. The number of pyridine rings is 1. The Bertz CT molecular complexity index is 2470. The lowest BCUT2D eigenvalue weighted by Crippen LogP contribution is -1.94. The van der Waals surface area contributed by atoms with E-state index >= 15 is 0 Å². The Labute approximate surface area is 241 Å². The van der Waals surface area contributed by atoms with Gasteiger partial charge in [0.25, 0.3) is 0 Å². The monoisotopic (exact) mass is 537 g/mol. The second-order valence-corrected chi connectivity index (χ2v) is 10.6. The van der Waals surface area contributed by atoms with E-state index in [0.717, 1.165) is 72.1 Å². The number of benzene rings is 6. The van der Waals surface area contributed by atoms with Gasteiger partial charge in [0.1, 0.15) is 11.2 Å². The van der Waals surface area contributed by atoms with Crippen molar-refractivity contribution in [3.8, 4) is 33.6 Å². The molecule has 9 rings (SSSR count). The summed E-state index contributed by atoms with van der Waals surface area (Å²) in [6, 6.07) is 48.7. The van der Waals surface area contributed by atoms with Crippen molar-refractivity contribution in [2.24, 2.45) is 0 Å². The third-order valence-corrected chi connectivity index (χ3v) is 8.34. The lowest BCUT2D eigenvalue weighted by atomic mass is 9.93. The number of furan rings is 1. The molecule has 4 nitrogen and oxygen atoms in total. The zero-order valence-corrected chi connectivity index (χ0v) is 22.5. The van der Waals surface area contributed by atoms with Crippen LogP contribution in [0.3, 0.4) is 0 Å². The highest BCUT2D eigenvalue weighted by Crippen LogP contribution is 2.40. The Morgan fingerprint density at radius 3 is 1.90 bits per heavy atom. The van der Waals surface area contributed by atoms with Gasteiger partial charge in [-0.1, -0.05) is 127 Å². The van der Waals surface area contributed by atoms with Gasteiger partial charge >= 0.3 is 0 Å². The quantitative estimate of drug-likeness (QED) is 0.211. The third-order valence-electron chi connectivity index (χ3n) is 8.34. The first-order valence-electron chi connectivity index (χ1n) is 14.1. The van der Waals surface area contributed by atoms with E-state index in [1.54, 1.807) is 0 Å². The summed E-state index contributed by atoms with van der Waals surface area (Å²) in [4.78, 5) is 0. The molecule has 4 heteroatoms. The highest BCUT2D eigenvalue weighted by atomic mass is 16.3. The number of para-hydroxylation sites is 3. The van der Waals surface area contributed by atoms with Crippen LogP contribution in [0.25, 0.3) is 82.9 Å². The minimum absolute atomic E-state index is 0.832. The molecule has 3 aromatic heterocycles. The molecular formula is C38H23N3O. The second-order valence-electron chi connectivity index (χ2n) is 10.6. The molecule has 0 radical (unpaired) electrons. The van der Waals surface area contributed by atoms with Crippen LogP contribution in [-0.2, 0) is 0 Å². The maximum atomic E-state index is 6.39. The number of fused-ring (bicyclic) bond motifs is 9. The molecule has 0 saturated heterocycles. The van der Waals surface area contributed by atoms with Crippen LogP contribution in [0.1, 0.15) is 0 Å². The van der Waals surface area contributed by atoms with Crippen LogP contribution in [0.4, 0.5) is 0 Å². The topological polar surface area (TPSA) is 43.3 Å². The average Bonchev–Trinajstić information content (AvgIpc) is 3.68. The number of hydrogen-bond acceptors (Lipinski definition) is 3. The normalized spacial score (nSPS) is 11.8. The van der Waals surface area contributed by atoms with Gasteiger partial charge in [-0.25, -0.2) is 0 Å². The molecule has 0 N–H and O–H groups in total. The van der Waals surface area contributed by atoms with Crippen LogP contribution in [-0.4, -0.2) is 14.6 Å². The summed E-state index contributed by atoms with van der Waals surface area (Å²) >= 11 is 0. The first kappa shape index (κ1) is 23.0. The number of nitrogens with zero attached hydrogens (tertiary/aromatic N) is 3. The van der Waals surface area contributed by atoms with E-state index < -0.39 is 0 Å². The summed E-state index contributed by atoms with van der Waals surface area (Å²) in [5.74, 6) is 0.832. The zero-order chi connectivity index (χ0) is 27.6. The molecule has 0 saturated carbocycles. The van der Waals surface area contributed by atoms with Gasteiger partial charge in [-0.05, 0) is 34.2 Å². The van der Waals surface area contributed by atoms with E-state index in [-0.39, 0.29) is 0 Å². The first-order valence-corrected chi connectivity index (χ1v) is 14.1. The van der Waals surface area contributed by atoms with Gasteiger partial charge < -0.3 is 4.42 Å².